The van der Waals surface area contributed by atoms with Crippen molar-refractivity contribution in [3.8, 4) is 11.5 Å². The average molecular weight is 441 g/mol. The fraction of sp³-hybridized carbons (Fsp3) is 0.172. The smallest absolute Gasteiger partial charge is 0.133 e. The zero-order chi connectivity index (χ0) is 23.3. The van der Waals surface area contributed by atoms with Crippen molar-refractivity contribution >= 4 is 0 Å². The molecule has 0 bridgehead atoms. The van der Waals surface area contributed by atoms with Crippen molar-refractivity contribution in [2.45, 2.75) is 18.6 Å². The highest BCUT2D eigenvalue weighted by Crippen LogP contribution is 2.52. The maximum absolute atomic E-state index is 10.6. The zero-order valence-electron chi connectivity index (χ0n) is 18.9. The van der Waals surface area contributed by atoms with Crippen LogP contribution in [0.15, 0.2) is 97.1 Å². The summed E-state index contributed by atoms with van der Waals surface area (Å²) < 4.78 is 11.5. The molecule has 0 fully saturated rings. The molecule has 0 unspecified atom stereocenters. The Hall–Kier alpha value is -3.60. The highest BCUT2D eigenvalue weighted by atomic mass is 16.5. The first-order valence-electron chi connectivity index (χ1n) is 10.9. The summed E-state index contributed by atoms with van der Waals surface area (Å²) in [6.07, 6.45) is 0. The van der Waals surface area contributed by atoms with Crippen molar-refractivity contribution < 1.29 is 19.7 Å². The lowest BCUT2D eigenvalue weighted by Gasteiger charge is -2.39. The average Bonchev–Trinajstić information content (AvgIpc) is 2.90. The number of rotatable bonds is 8. The predicted molar refractivity (Wildman–Crippen MR) is 130 cm³/mol. The van der Waals surface area contributed by atoms with Gasteiger partial charge in [0.1, 0.15) is 11.5 Å². The van der Waals surface area contributed by atoms with Crippen molar-refractivity contribution in [2.75, 3.05) is 14.2 Å². The molecular weight excluding hydrogens is 412 g/mol. The van der Waals surface area contributed by atoms with E-state index in [2.05, 4.69) is 36.4 Å². The number of aliphatic hydroxyl groups excluding tert-OH is 2. The van der Waals surface area contributed by atoms with Gasteiger partial charge in [-0.15, -0.1) is 0 Å². The largest absolute Gasteiger partial charge is 0.496 e. The lowest BCUT2D eigenvalue weighted by Crippen LogP contribution is -2.33. The Bertz CT molecular complexity index is 1090. The second kappa shape index (κ2) is 9.90. The molecule has 0 atom stereocenters. The highest BCUT2D eigenvalue weighted by molar-refractivity contribution is 5.68. The van der Waals surface area contributed by atoms with Gasteiger partial charge in [0.15, 0.2) is 0 Å². The predicted octanol–water partition coefficient (Wildman–Crippen LogP) is 5.07. The van der Waals surface area contributed by atoms with E-state index in [-0.39, 0.29) is 13.2 Å². The van der Waals surface area contributed by atoms with Crippen LogP contribution < -0.4 is 9.47 Å². The summed E-state index contributed by atoms with van der Waals surface area (Å²) >= 11 is 0. The van der Waals surface area contributed by atoms with E-state index in [1.54, 1.807) is 20.3 Å². The monoisotopic (exact) mass is 440 g/mol. The van der Waals surface area contributed by atoms with Crippen molar-refractivity contribution in [3.63, 3.8) is 0 Å². The van der Waals surface area contributed by atoms with E-state index in [9.17, 15) is 10.2 Å². The van der Waals surface area contributed by atoms with Crippen molar-refractivity contribution in [1.29, 1.82) is 0 Å². The molecule has 0 saturated carbocycles. The SMILES string of the molecule is COc1cc(CO)c(C(c2ccccc2)(c2ccccc2)c2ccccc2)c(OC)c1CO. The Morgan fingerprint density at radius 2 is 1.09 bits per heavy atom. The number of aliphatic hydroxyl groups is 2. The van der Waals surface area contributed by atoms with E-state index in [0.717, 1.165) is 22.3 Å². The molecule has 4 heteroatoms. The molecule has 0 spiro atoms. The Kier molecular flexibility index (Phi) is 6.78. The topological polar surface area (TPSA) is 58.9 Å². The molecular formula is C29H28O4. The third-order valence-electron chi connectivity index (χ3n) is 6.17. The summed E-state index contributed by atoms with van der Waals surface area (Å²) in [5.74, 6) is 0.975. The first-order chi connectivity index (χ1) is 16.2. The third kappa shape index (κ3) is 3.78. The molecule has 0 radical (unpaired) electrons. The van der Waals surface area contributed by atoms with Crippen LogP contribution in [0.25, 0.3) is 0 Å². The van der Waals surface area contributed by atoms with E-state index in [0.29, 0.717) is 22.6 Å². The van der Waals surface area contributed by atoms with Gasteiger partial charge in [-0.3, -0.25) is 0 Å². The van der Waals surface area contributed by atoms with Crippen LogP contribution >= 0.6 is 0 Å². The van der Waals surface area contributed by atoms with Crippen molar-refractivity contribution in [2.24, 2.45) is 0 Å². The third-order valence-corrected chi connectivity index (χ3v) is 6.17. The molecule has 4 rings (SSSR count). The molecule has 0 aliphatic heterocycles. The fourth-order valence-corrected chi connectivity index (χ4v) is 4.82. The molecule has 0 aromatic heterocycles. The Morgan fingerprint density at radius 1 is 0.636 bits per heavy atom. The van der Waals surface area contributed by atoms with E-state index in [1.807, 2.05) is 54.6 Å². The van der Waals surface area contributed by atoms with Crippen LogP contribution in [-0.2, 0) is 18.6 Å². The summed E-state index contributed by atoms with van der Waals surface area (Å²) in [5, 5.41) is 20.9. The molecule has 4 aromatic rings. The highest BCUT2D eigenvalue weighted by Gasteiger charge is 2.43. The van der Waals surface area contributed by atoms with Crippen LogP contribution in [0.5, 0.6) is 11.5 Å². The van der Waals surface area contributed by atoms with Crippen LogP contribution in [0.2, 0.25) is 0 Å². The van der Waals surface area contributed by atoms with E-state index in [1.165, 1.54) is 0 Å². The van der Waals surface area contributed by atoms with Crippen molar-refractivity contribution in [3.05, 3.63) is 130 Å². The molecule has 0 saturated heterocycles. The van der Waals surface area contributed by atoms with Crippen LogP contribution in [0.1, 0.15) is 33.4 Å². The fourth-order valence-electron chi connectivity index (χ4n) is 4.82. The molecule has 0 amide bonds. The van der Waals surface area contributed by atoms with E-state index >= 15 is 0 Å². The maximum Gasteiger partial charge on any atom is 0.133 e. The van der Waals surface area contributed by atoms with Crippen molar-refractivity contribution in [1.82, 2.24) is 0 Å². The first kappa shape index (κ1) is 22.6. The van der Waals surface area contributed by atoms with Gasteiger partial charge >= 0.3 is 0 Å². The Balaban J connectivity index is 2.27. The molecule has 0 aliphatic carbocycles. The van der Waals surface area contributed by atoms with E-state index in [4.69, 9.17) is 9.47 Å². The van der Waals surface area contributed by atoms with E-state index < -0.39 is 5.41 Å². The lowest BCUT2D eigenvalue weighted by molar-refractivity contribution is 0.259. The minimum absolute atomic E-state index is 0.220. The summed E-state index contributed by atoms with van der Waals surface area (Å²) in [5.41, 5.74) is 4.22. The quantitative estimate of drug-likeness (QED) is 0.376. The maximum atomic E-state index is 10.6. The van der Waals surface area contributed by atoms with Crippen LogP contribution in [-0.4, -0.2) is 24.4 Å². The molecule has 2 N–H and O–H groups in total. The summed E-state index contributed by atoms with van der Waals surface area (Å²) in [6, 6.07) is 32.4. The summed E-state index contributed by atoms with van der Waals surface area (Å²) in [6.45, 7) is -0.485. The lowest BCUT2D eigenvalue weighted by atomic mass is 9.63. The van der Waals surface area contributed by atoms with Gasteiger partial charge in [-0.25, -0.2) is 0 Å². The summed E-state index contributed by atoms with van der Waals surface area (Å²) in [4.78, 5) is 0. The minimum Gasteiger partial charge on any atom is -0.496 e. The zero-order valence-corrected chi connectivity index (χ0v) is 18.9. The molecule has 0 heterocycles. The van der Waals surface area contributed by atoms with Gasteiger partial charge in [0.2, 0.25) is 0 Å². The van der Waals surface area contributed by atoms with Gasteiger partial charge in [0.25, 0.3) is 0 Å². The number of hydrogen-bond acceptors (Lipinski definition) is 4. The number of hydrogen-bond donors (Lipinski definition) is 2. The van der Waals surface area contributed by atoms with Crippen LogP contribution in [0.3, 0.4) is 0 Å². The standard InChI is InChI=1S/C29H28O4/c1-32-26-18-21(19-30)27(28(33-2)25(26)20-31)29(22-12-6-3-7-13-22,23-14-8-4-9-15-23)24-16-10-5-11-17-24/h3-18,30-31H,19-20H2,1-2H3. The Labute approximate surface area is 194 Å². The number of benzene rings is 4. The van der Waals surface area contributed by atoms with Crippen LogP contribution in [0, 0.1) is 0 Å². The molecule has 4 aromatic carbocycles. The van der Waals surface area contributed by atoms with Gasteiger partial charge in [0.05, 0.1) is 38.4 Å². The van der Waals surface area contributed by atoms with Gasteiger partial charge in [-0.1, -0.05) is 91.0 Å². The molecule has 4 nitrogen and oxygen atoms in total. The van der Waals surface area contributed by atoms with Gasteiger partial charge < -0.3 is 19.7 Å². The van der Waals surface area contributed by atoms with Gasteiger partial charge in [0, 0.05) is 5.56 Å². The summed E-state index contributed by atoms with van der Waals surface area (Å²) in [7, 11) is 3.14. The molecule has 0 aliphatic rings. The molecule has 33 heavy (non-hydrogen) atoms. The number of ether oxygens (including phenoxy) is 2. The second-order valence-corrected chi connectivity index (χ2v) is 7.79. The molecule has 168 valence electrons. The second-order valence-electron chi connectivity index (χ2n) is 7.79. The first-order valence-corrected chi connectivity index (χ1v) is 10.9. The van der Waals surface area contributed by atoms with Crippen LogP contribution in [0.4, 0.5) is 0 Å². The van der Waals surface area contributed by atoms with Gasteiger partial charge in [-0.2, -0.15) is 0 Å². The van der Waals surface area contributed by atoms with Gasteiger partial charge in [-0.05, 0) is 28.3 Å². The Morgan fingerprint density at radius 3 is 1.42 bits per heavy atom. The normalized spacial score (nSPS) is 11.3. The minimum atomic E-state index is -0.816. The number of methoxy groups -OCH3 is 2.